The number of allylic oxidation sites excluding steroid dienone is 8. The molecule has 3 aliphatic carbocycles. The summed E-state index contributed by atoms with van der Waals surface area (Å²) in [5.74, 6) is 3.02. The molecule has 1 aliphatic heterocycles. The number of para-hydroxylation sites is 3. The summed E-state index contributed by atoms with van der Waals surface area (Å²) in [5.41, 5.74) is 15.8. The van der Waals surface area contributed by atoms with E-state index in [1.165, 1.54) is 22.3 Å². The highest BCUT2D eigenvalue weighted by molar-refractivity contribution is 6.09. The number of nitrogens with zero attached hydrogens (tertiary/aromatic N) is 2. The summed E-state index contributed by atoms with van der Waals surface area (Å²) in [4.78, 5) is 10.5. The first kappa shape index (κ1) is 35.9. The molecule has 4 heteroatoms. The Bertz CT molecular complexity index is 3460. The summed E-state index contributed by atoms with van der Waals surface area (Å²) in [7, 11) is 0. The lowest BCUT2D eigenvalue weighted by molar-refractivity contribution is 0.374. The Morgan fingerprint density at radius 1 is 0.524 bits per heavy atom. The minimum absolute atomic E-state index is 0.229. The predicted octanol–water partition coefficient (Wildman–Crippen LogP) is 15.1. The van der Waals surface area contributed by atoms with Gasteiger partial charge in [-0.3, -0.25) is 0 Å². The van der Waals surface area contributed by atoms with Crippen LogP contribution in [0.2, 0.25) is 0 Å². The van der Waals surface area contributed by atoms with Crippen molar-refractivity contribution >= 4 is 27.5 Å². The summed E-state index contributed by atoms with van der Waals surface area (Å²) < 4.78 is 13.3. The average molecular weight is 809 g/mol. The first-order chi connectivity index (χ1) is 31.2. The van der Waals surface area contributed by atoms with Crippen molar-refractivity contribution in [2.45, 2.75) is 24.2 Å². The predicted molar refractivity (Wildman–Crippen MR) is 255 cm³/mol. The van der Waals surface area contributed by atoms with Gasteiger partial charge in [-0.1, -0.05) is 176 Å². The third-order valence-corrected chi connectivity index (χ3v) is 13.7. The number of benzene rings is 7. The molecule has 13 rings (SSSR count). The summed E-state index contributed by atoms with van der Waals surface area (Å²) in [6.45, 7) is 0. The molecule has 0 N–H and O–H groups in total. The van der Waals surface area contributed by atoms with Crippen LogP contribution in [-0.2, 0) is 5.41 Å². The Labute approximate surface area is 365 Å². The van der Waals surface area contributed by atoms with Gasteiger partial charge in [0.2, 0.25) is 0 Å². The topological polar surface area (TPSA) is 48.2 Å². The van der Waals surface area contributed by atoms with Crippen LogP contribution >= 0.6 is 0 Å². The van der Waals surface area contributed by atoms with Gasteiger partial charge in [-0.25, -0.2) is 9.97 Å². The number of hydrogen-bond donors (Lipinski definition) is 0. The van der Waals surface area contributed by atoms with E-state index in [1.807, 2.05) is 12.1 Å². The van der Waals surface area contributed by atoms with Crippen LogP contribution in [0.1, 0.15) is 46.7 Å². The van der Waals surface area contributed by atoms with E-state index in [4.69, 9.17) is 19.1 Å². The second kappa shape index (κ2) is 14.1. The molecule has 3 atom stereocenters. The first-order valence-corrected chi connectivity index (χ1v) is 21.9. The van der Waals surface area contributed by atoms with E-state index in [0.29, 0.717) is 5.82 Å². The van der Waals surface area contributed by atoms with Crippen LogP contribution in [0.5, 0.6) is 11.5 Å². The highest BCUT2D eigenvalue weighted by Gasteiger charge is 2.56. The van der Waals surface area contributed by atoms with E-state index in [0.717, 1.165) is 96.6 Å². The van der Waals surface area contributed by atoms with E-state index in [-0.39, 0.29) is 17.3 Å². The average Bonchev–Trinajstić information content (AvgIpc) is 3.88. The lowest BCUT2D eigenvalue weighted by Crippen LogP contribution is -2.37. The van der Waals surface area contributed by atoms with Crippen LogP contribution < -0.4 is 4.74 Å². The van der Waals surface area contributed by atoms with Crippen molar-refractivity contribution in [1.82, 2.24) is 9.97 Å². The van der Waals surface area contributed by atoms with E-state index >= 15 is 0 Å². The van der Waals surface area contributed by atoms with Gasteiger partial charge in [0.25, 0.3) is 0 Å². The molecule has 3 heterocycles. The fourth-order valence-corrected chi connectivity index (χ4v) is 10.9. The Balaban J connectivity index is 0.896. The maximum Gasteiger partial charge on any atom is 0.160 e. The lowest BCUT2D eigenvalue weighted by atomic mass is 9.62. The Hall–Kier alpha value is -7.82. The fraction of sp³-hybridized carbons (Fsp3) is 0.0847. The number of aromatic nitrogens is 2. The molecule has 0 fully saturated rings. The maximum absolute atomic E-state index is 6.87. The molecule has 4 aliphatic rings. The number of rotatable bonds is 5. The summed E-state index contributed by atoms with van der Waals surface area (Å²) in [5, 5.41) is 2.25. The molecule has 1 spiro atoms. The molecule has 9 aromatic rings. The van der Waals surface area contributed by atoms with Gasteiger partial charge in [-0.2, -0.15) is 0 Å². The summed E-state index contributed by atoms with van der Waals surface area (Å²) >= 11 is 0. The van der Waals surface area contributed by atoms with E-state index in [2.05, 4.69) is 194 Å². The van der Waals surface area contributed by atoms with Crippen molar-refractivity contribution < 1.29 is 9.15 Å². The van der Waals surface area contributed by atoms with Crippen molar-refractivity contribution in [3.05, 3.63) is 234 Å². The maximum atomic E-state index is 6.87. The van der Waals surface area contributed by atoms with Gasteiger partial charge in [0.15, 0.2) is 5.82 Å². The largest absolute Gasteiger partial charge is 0.457 e. The fourth-order valence-electron chi connectivity index (χ4n) is 10.9. The quantitative estimate of drug-likeness (QED) is 0.174. The van der Waals surface area contributed by atoms with Crippen molar-refractivity contribution in [2.24, 2.45) is 5.92 Å². The molecule has 0 radical (unpaired) electrons. The first-order valence-electron chi connectivity index (χ1n) is 21.9. The van der Waals surface area contributed by atoms with Crippen LogP contribution in [0, 0.1) is 5.92 Å². The molecular weight excluding hydrogens is 769 g/mol. The van der Waals surface area contributed by atoms with Crippen molar-refractivity contribution in [2.75, 3.05) is 0 Å². The van der Waals surface area contributed by atoms with Crippen LogP contribution in [0.4, 0.5) is 0 Å². The standard InChI is InChI=1S/C59H40N2O2/c1-2-14-38(15-3-1)52-36-53(39-30-28-37(29-31-39)43-21-13-22-47-46-20-6-10-26-54(46)63-57(43)47)61-58(60-52)42-17-12-16-40(34-42)41-32-33-51-56(35-41)62-55-27-11-9-25-50(55)59(51)48-23-7-4-18-44(48)45-19-5-8-24-49(45)59/h2,4-36,44,48H,1,3H2. The number of ether oxygens (including phenoxy) is 1. The van der Waals surface area contributed by atoms with Crippen molar-refractivity contribution in [3.63, 3.8) is 0 Å². The lowest BCUT2D eigenvalue weighted by Gasteiger charge is -2.43. The van der Waals surface area contributed by atoms with Crippen LogP contribution in [0.3, 0.4) is 0 Å². The van der Waals surface area contributed by atoms with Crippen LogP contribution in [-0.4, -0.2) is 9.97 Å². The Morgan fingerprint density at radius 3 is 2.17 bits per heavy atom. The molecule has 0 bridgehead atoms. The normalized spacial score (nSPS) is 19.1. The Kier molecular flexibility index (Phi) is 8.04. The third-order valence-electron chi connectivity index (χ3n) is 13.7. The third kappa shape index (κ3) is 5.54. The highest BCUT2D eigenvalue weighted by atomic mass is 16.5. The van der Waals surface area contributed by atoms with E-state index < -0.39 is 0 Å². The molecule has 298 valence electrons. The monoisotopic (exact) mass is 808 g/mol. The van der Waals surface area contributed by atoms with Crippen molar-refractivity contribution in [1.29, 1.82) is 0 Å². The number of fused-ring (bicyclic) bond motifs is 12. The zero-order chi connectivity index (χ0) is 41.5. The molecule has 0 saturated carbocycles. The molecular formula is C59H40N2O2. The highest BCUT2D eigenvalue weighted by Crippen LogP contribution is 2.64. The van der Waals surface area contributed by atoms with Gasteiger partial charge in [-0.15, -0.1) is 0 Å². The van der Waals surface area contributed by atoms with E-state index in [9.17, 15) is 0 Å². The molecule has 63 heavy (non-hydrogen) atoms. The summed E-state index contributed by atoms with van der Waals surface area (Å²) in [6, 6.07) is 58.5. The van der Waals surface area contributed by atoms with Gasteiger partial charge >= 0.3 is 0 Å². The number of hydrogen-bond acceptors (Lipinski definition) is 4. The molecule has 2 aromatic heterocycles. The number of furan rings is 1. The van der Waals surface area contributed by atoms with Crippen LogP contribution in [0.15, 0.2) is 211 Å². The van der Waals surface area contributed by atoms with Crippen molar-refractivity contribution in [3.8, 4) is 56.4 Å². The van der Waals surface area contributed by atoms with Gasteiger partial charge in [0.05, 0.1) is 16.8 Å². The smallest absolute Gasteiger partial charge is 0.160 e. The second-order valence-electron chi connectivity index (χ2n) is 17.1. The van der Waals surface area contributed by atoms with E-state index in [1.54, 1.807) is 0 Å². The zero-order valence-electron chi connectivity index (χ0n) is 34.4. The van der Waals surface area contributed by atoms with Gasteiger partial charge in [-0.05, 0) is 76.6 Å². The molecule has 3 unspecified atom stereocenters. The second-order valence-corrected chi connectivity index (χ2v) is 17.1. The molecule has 0 amide bonds. The zero-order valence-corrected chi connectivity index (χ0v) is 34.4. The van der Waals surface area contributed by atoms with Crippen LogP contribution in [0.25, 0.3) is 72.4 Å². The van der Waals surface area contributed by atoms with Gasteiger partial charge in [0, 0.05) is 50.4 Å². The SMILES string of the molecule is C1=CC2c3ccccc3C3(c4ccccc4Oc4cc(-c5cccc(-c6nc(C7=CCCC=C7)cc(-c7ccc(-c8cccc9c8oc8ccccc89)cc7)n6)c5)ccc43)C2C=C1. The van der Waals surface area contributed by atoms with Gasteiger partial charge in [0.1, 0.15) is 22.7 Å². The molecule has 7 aromatic carbocycles. The molecule has 4 nitrogen and oxygen atoms in total. The Morgan fingerprint density at radius 2 is 1.25 bits per heavy atom. The van der Waals surface area contributed by atoms with Gasteiger partial charge < -0.3 is 9.15 Å². The minimum Gasteiger partial charge on any atom is -0.457 e. The summed E-state index contributed by atoms with van der Waals surface area (Å²) in [6.07, 6.45) is 17.9. The molecule has 0 saturated heterocycles. The minimum atomic E-state index is -0.376.